The van der Waals surface area contributed by atoms with Crippen LogP contribution in [0, 0.1) is 24.1 Å². The molecule has 27 heavy (non-hydrogen) atoms. The number of benzene rings is 2. The molecule has 7 heteroatoms. The van der Waals surface area contributed by atoms with Crippen LogP contribution in [0.5, 0.6) is 5.75 Å². The summed E-state index contributed by atoms with van der Waals surface area (Å²) in [5.74, 6) is 1.10. The first kappa shape index (κ1) is 22.7. The Bertz CT molecular complexity index is 803. The number of nitrogens with one attached hydrogen (secondary N) is 1. The Balaban J connectivity index is 0.00000364. The van der Waals surface area contributed by atoms with Crippen LogP contribution < -0.4 is 10.1 Å². The number of rotatable bonds is 6. The van der Waals surface area contributed by atoms with Gasteiger partial charge in [-0.3, -0.25) is 4.99 Å². The van der Waals surface area contributed by atoms with E-state index in [4.69, 9.17) is 10.00 Å². The van der Waals surface area contributed by atoms with E-state index in [9.17, 15) is 4.39 Å². The largest absolute Gasteiger partial charge is 0.492 e. The van der Waals surface area contributed by atoms with Gasteiger partial charge in [0, 0.05) is 26.2 Å². The van der Waals surface area contributed by atoms with E-state index in [2.05, 4.69) is 10.3 Å². The van der Waals surface area contributed by atoms with Crippen LogP contribution in [0.25, 0.3) is 0 Å². The lowest BCUT2D eigenvalue weighted by molar-refractivity contribution is 0.281. The summed E-state index contributed by atoms with van der Waals surface area (Å²) < 4.78 is 19.6. The van der Waals surface area contributed by atoms with Crippen molar-refractivity contribution in [1.29, 1.82) is 5.26 Å². The van der Waals surface area contributed by atoms with E-state index in [0.717, 1.165) is 5.75 Å². The maximum absolute atomic E-state index is 13.9. The molecule has 144 valence electrons. The molecule has 0 spiro atoms. The fourth-order valence-electron chi connectivity index (χ4n) is 2.38. The average molecular weight is 482 g/mol. The number of nitrogens with zero attached hydrogens (tertiary/aromatic N) is 3. The second-order valence-corrected chi connectivity index (χ2v) is 5.90. The first-order valence-electron chi connectivity index (χ1n) is 8.33. The molecule has 2 aromatic rings. The van der Waals surface area contributed by atoms with Gasteiger partial charge in [0.2, 0.25) is 0 Å². The van der Waals surface area contributed by atoms with Gasteiger partial charge in [0.25, 0.3) is 0 Å². The smallest absolute Gasteiger partial charge is 0.193 e. The molecule has 0 bridgehead atoms. The third-order valence-electron chi connectivity index (χ3n) is 3.90. The average Bonchev–Trinajstić information content (AvgIpc) is 2.65. The van der Waals surface area contributed by atoms with Gasteiger partial charge in [0.1, 0.15) is 18.2 Å². The Morgan fingerprint density at radius 3 is 2.59 bits per heavy atom. The number of nitriles is 1. The summed E-state index contributed by atoms with van der Waals surface area (Å²) in [6.45, 7) is 3.40. The molecule has 2 rings (SSSR count). The van der Waals surface area contributed by atoms with Gasteiger partial charge < -0.3 is 15.0 Å². The highest BCUT2D eigenvalue weighted by molar-refractivity contribution is 14.0. The number of halogens is 2. The van der Waals surface area contributed by atoms with Crippen LogP contribution in [-0.4, -0.2) is 38.1 Å². The first-order valence-corrected chi connectivity index (χ1v) is 8.33. The lowest BCUT2D eigenvalue weighted by atomic mass is 10.1. The minimum Gasteiger partial charge on any atom is -0.492 e. The summed E-state index contributed by atoms with van der Waals surface area (Å²) in [7, 11) is 3.55. The molecule has 0 aliphatic carbocycles. The van der Waals surface area contributed by atoms with E-state index in [1.54, 1.807) is 7.05 Å². The van der Waals surface area contributed by atoms with Crippen LogP contribution in [0.1, 0.15) is 16.7 Å². The van der Waals surface area contributed by atoms with Gasteiger partial charge >= 0.3 is 0 Å². The van der Waals surface area contributed by atoms with Crippen molar-refractivity contribution < 1.29 is 9.13 Å². The first-order chi connectivity index (χ1) is 12.5. The quantitative estimate of drug-likeness (QED) is 0.388. The van der Waals surface area contributed by atoms with Crippen LogP contribution in [0.15, 0.2) is 47.5 Å². The normalized spacial score (nSPS) is 10.6. The van der Waals surface area contributed by atoms with E-state index in [-0.39, 0.29) is 36.3 Å². The van der Waals surface area contributed by atoms with E-state index in [1.807, 2.05) is 49.2 Å². The van der Waals surface area contributed by atoms with E-state index in [0.29, 0.717) is 30.2 Å². The third-order valence-corrected chi connectivity index (χ3v) is 3.90. The van der Waals surface area contributed by atoms with E-state index >= 15 is 0 Å². The Hall–Kier alpha value is -2.34. The van der Waals surface area contributed by atoms with E-state index in [1.165, 1.54) is 23.8 Å². The predicted molar refractivity (Wildman–Crippen MR) is 116 cm³/mol. The molecular weight excluding hydrogens is 458 g/mol. The number of likely N-dealkylation sites (N-methyl/N-ethyl adjacent to an activating group) is 1. The van der Waals surface area contributed by atoms with Crippen LogP contribution >= 0.6 is 24.0 Å². The second-order valence-electron chi connectivity index (χ2n) is 5.90. The topological polar surface area (TPSA) is 60.7 Å². The van der Waals surface area contributed by atoms with Crippen LogP contribution in [0.3, 0.4) is 0 Å². The molecule has 0 atom stereocenters. The zero-order chi connectivity index (χ0) is 18.9. The maximum atomic E-state index is 13.9. The van der Waals surface area contributed by atoms with Gasteiger partial charge in [-0.1, -0.05) is 17.7 Å². The van der Waals surface area contributed by atoms with Crippen molar-refractivity contribution >= 4 is 29.9 Å². The third kappa shape index (κ3) is 7.06. The van der Waals surface area contributed by atoms with Crippen molar-refractivity contribution in [3.05, 3.63) is 65.0 Å². The number of aliphatic imine (C=N–C) groups is 1. The molecule has 0 aliphatic heterocycles. The Morgan fingerprint density at radius 2 is 1.96 bits per heavy atom. The van der Waals surface area contributed by atoms with Crippen LogP contribution in [0.2, 0.25) is 0 Å². The number of guanidine groups is 1. The molecule has 0 aromatic heterocycles. The minimum atomic E-state index is -0.350. The highest BCUT2D eigenvalue weighted by Crippen LogP contribution is 2.11. The molecule has 0 heterocycles. The van der Waals surface area contributed by atoms with Gasteiger partial charge in [0.15, 0.2) is 5.96 Å². The molecule has 0 saturated heterocycles. The van der Waals surface area contributed by atoms with Crippen molar-refractivity contribution in [2.24, 2.45) is 4.99 Å². The summed E-state index contributed by atoms with van der Waals surface area (Å²) in [5.41, 5.74) is 2.04. The summed E-state index contributed by atoms with van der Waals surface area (Å²) in [6, 6.07) is 14.2. The molecule has 0 unspecified atom stereocenters. The Morgan fingerprint density at radius 1 is 1.26 bits per heavy atom. The molecule has 5 nitrogen and oxygen atoms in total. The zero-order valence-corrected chi connectivity index (χ0v) is 18.0. The summed E-state index contributed by atoms with van der Waals surface area (Å²) >= 11 is 0. The summed E-state index contributed by atoms with van der Waals surface area (Å²) in [6.07, 6.45) is 0. The maximum Gasteiger partial charge on any atom is 0.193 e. The predicted octanol–water partition coefficient (Wildman–Crippen LogP) is 3.71. The number of hydrogen-bond acceptors (Lipinski definition) is 3. The molecule has 0 saturated carbocycles. The molecule has 0 amide bonds. The molecule has 0 fully saturated rings. The van der Waals surface area contributed by atoms with Crippen molar-refractivity contribution in [1.82, 2.24) is 10.2 Å². The zero-order valence-electron chi connectivity index (χ0n) is 15.7. The van der Waals surface area contributed by atoms with Gasteiger partial charge in [-0.25, -0.2) is 4.39 Å². The number of aryl methyl sites for hydroxylation is 1. The lowest BCUT2D eigenvalue weighted by Crippen LogP contribution is -2.40. The molecule has 0 radical (unpaired) electrons. The standard InChI is InChI=1S/C20H23FN4O.HI/c1-15-4-7-18(8-5-15)26-11-10-25(3)20(23-2)24-14-17-12-16(13-22)6-9-19(17)21;/h4-9,12H,10-11,14H2,1-3H3,(H,23,24);1H. The summed E-state index contributed by atoms with van der Waals surface area (Å²) in [5, 5.41) is 12.0. The van der Waals surface area contributed by atoms with Gasteiger partial charge in [0.05, 0.1) is 18.2 Å². The number of ether oxygens (including phenoxy) is 1. The van der Waals surface area contributed by atoms with Crippen molar-refractivity contribution in [2.75, 3.05) is 27.2 Å². The molecule has 0 aliphatic rings. The van der Waals surface area contributed by atoms with Crippen LogP contribution in [-0.2, 0) is 6.54 Å². The fraction of sp³-hybridized carbons (Fsp3) is 0.300. The summed E-state index contributed by atoms with van der Waals surface area (Å²) in [4.78, 5) is 6.10. The van der Waals surface area contributed by atoms with Crippen molar-refractivity contribution in [3.63, 3.8) is 0 Å². The van der Waals surface area contributed by atoms with Crippen molar-refractivity contribution in [2.45, 2.75) is 13.5 Å². The van der Waals surface area contributed by atoms with E-state index < -0.39 is 0 Å². The molecule has 1 N–H and O–H groups in total. The fourth-order valence-corrected chi connectivity index (χ4v) is 2.38. The molecular formula is C20H24FIN4O. The SMILES string of the molecule is CN=C(NCc1cc(C#N)ccc1F)N(C)CCOc1ccc(C)cc1.I. The highest BCUT2D eigenvalue weighted by Gasteiger charge is 2.09. The van der Waals surface area contributed by atoms with Crippen molar-refractivity contribution in [3.8, 4) is 11.8 Å². The van der Waals surface area contributed by atoms with Crippen LogP contribution in [0.4, 0.5) is 4.39 Å². The highest BCUT2D eigenvalue weighted by atomic mass is 127. The second kappa shape index (κ2) is 11.4. The van der Waals surface area contributed by atoms with Gasteiger partial charge in [-0.05, 0) is 37.3 Å². The lowest BCUT2D eigenvalue weighted by Gasteiger charge is -2.22. The van der Waals surface area contributed by atoms with Gasteiger partial charge in [-0.2, -0.15) is 5.26 Å². The number of hydrogen-bond donors (Lipinski definition) is 1. The monoisotopic (exact) mass is 482 g/mol. The molecule has 2 aromatic carbocycles. The Kier molecular flexibility index (Phi) is 9.58. The minimum absolute atomic E-state index is 0. The van der Waals surface area contributed by atoms with Gasteiger partial charge in [-0.15, -0.1) is 24.0 Å². The Labute approximate surface area is 176 Å².